The molecule has 5 rings (SSSR count). The van der Waals surface area contributed by atoms with E-state index in [9.17, 15) is 0 Å². The van der Waals surface area contributed by atoms with Crippen molar-refractivity contribution in [1.82, 2.24) is 4.98 Å². The van der Waals surface area contributed by atoms with E-state index < -0.39 is 0 Å². The van der Waals surface area contributed by atoms with Crippen LogP contribution in [0.3, 0.4) is 0 Å². The van der Waals surface area contributed by atoms with Crippen molar-refractivity contribution in [3.05, 3.63) is 156 Å². The second-order valence-electron chi connectivity index (χ2n) is 10.7. The third-order valence-electron chi connectivity index (χ3n) is 6.81. The first-order valence-electron chi connectivity index (χ1n) is 14.2. The van der Waals surface area contributed by atoms with Crippen LogP contribution in [-0.2, 0) is 32.7 Å². The van der Waals surface area contributed by atoms with E-state index in [4.69, 9.17) is 10.3 Å². The number of hydrogen-bond acceptors (Lipinski definition) is 1. The molecular weight excluding hydrogens is 564 g/mol. The van der Waals surface area contributed by atoms with Crippen LogP contribution in [0.2, 0.25) is 0 Å². The summed E-state index contributed by atoms with van der Waals surface area (Å²) >= 11 is 0. The van der Waals surface area contributed by atoms with Gasteiger partial charge in [-0.1, -0.05) is 94.6 Å². The molecule has 0 bridgehead atoms. The van der Waals surface area contributed by atoms with Crippen LogP contribution in [0, 0.1) is 20.3 Å². The number of benzene rings is 3. The van der Waals surface area contributed by atoms with Gasteiger partial charge in [0.05, 0.1) is 0 Å². The monoisotopic (exact) mass is 606 g/mol. The summed E-state index contributed by atoms with van der Waals surface area (Å²) < 4.78 is 0. The molecule has 4 aromatic rings. The van der Waals surface area contributed by atoms with Crippen LogP contribution in [0.4, 0.5) is 5.69 Å². The van der Waals surface area contributed by atoms with E-state index in [0.717, 1.165) is 16.8 Å². The fraction of sp³-hybridized carbons (Fsp3) is 0.297. The third kappa shape index (κ3) is 11.0. The van der Waals surface area contributed by atoms with Crippen molar-refractivity contribution < 1.29 is 26.2 Å². The Hall–Kier alpha value is -2.77. The summed E-state index contributed by atoms with van der Waals surface area (Å²) in [4.78, 5) is 4.89. The van der Waals surface area contributed by atoms with Crippen molar-refractivity contribution in [2.24, 2.45) is 0 Å². The molecule has 3 aromatic carbocycles. The van der Waals surface area contributed by atoms with Crippen molar-refractivity contribution in [3.63, 3.8) is 0 Å². The van der Waals surface area contributed by atoms with Crippen LogP contribution in [0.1, 0.15) is 98.4 Å². The molecule has 1 aliphatic carbocycles. The Morgan fingerprint density at radius 2 is 1.27 bits per heavy atom. The van der Waals surface area contributed by atoms with Crippen molar-refractivity contribution in [2.45, 2.75) is 71.3 Å². The standard InChI is InChI=1S/C23H30N2.2C7H7.Zr/c1-16(2)20-12-8-13-21(17(3)4)23(20)24-15-19-11-7-14-22(25-19)18-9-5-6-10-18;2*1-7-5-3-2-4-6-7;/h7-9,11-14,16-18H,5-6,10,15H2,1-4H3;2*2-6H,1H2;/q-2;2*-1;+4. The van der Waals surface area contributed by atoms with Gasteiger partial charge in [0.15, 0.2) is 0 Å². The summed E-state index contributed by atoms with van der Waals surface area (Å²) in [5.74, 6) is 1.49. The van der Waals surface area contributed by atoms with E-state index in [1.165, 1.54) is 41.8 Å². The Bertz CT molecular complexity index is 1170. The van der Waals surface area contributed by atoms with Gasteiger partial charge in [0, 0.05) is 11.4 Å². The first-order valence-corrected chi connectivity index (χ1v) is 14.2. The van der Waals surface area contributed by atoms with Crippen LogP contribution < -0.4 is 0 Å². The maximum atomic E-state index is 5.01. The van der Waals surface area contributed by atoms with Gasteiger partial charge in [0.1, 0.15) is 0 Å². The zero-order chi connectivity index (χ0) is 28.0. The summed E-state index contributed by atoms with van der Waals surface area (Å²) in [6, 6.07) is 32.8. The average molecular weight is 608 g/mol. The van der Waals surface area contributed by atoms with Crippen LogP contribution in [0.25, 0.3) is 5.32 Å². The van der Waals surface area contributed by atoms with Gasteiger partial charge in [-0.15, -0.1) is 35.9 Å². The SMILES string of the molecule is CC(C)c1cccc(C(C)C)c1[N-]Cc1cccc(C2[CH-]CCC2)n1.[CH2-]c1ccccc1.[CH2-]c1ccccc1.[Zr+4]. The van der Waals surface area contributed by atoms with Crippen LogP contribution in [0.5, 0.6) is 0 Å². The smallest absolute Gasteiger partial charge is 0.679 e. The van der Waals surface area contributed by atoms with Crippen LogP contribution in [0.15, 0.2) is 97.1 Å². The molecule has 206 valence electrons. The first kappa shape index (κ1) is 33.4. The van der Waals surface area contributed by atoms with E-state index >= 15 is 0 Å². The Morgan fingerprint density at radius 3 is 1.70 bits per heavy atom. The predicted octanol–water partition coefficient (Wildman–Crippen LogP) is 10.7. The topological polar surface area (TPSA) is 27.0 Å². The normalized spacial score (nSPS) is 13.9. The third-order valence-corrected chi connectivity index (χ3v) is 6.81. The van der Waals surface area contributed by atoms with Crippen molar-refractivity contribution in [2.75, 3.05) is 0 Å². The predicted molar refractivity (Wildman–Crippen MR) is 168 cm³/mol. The van der Waals surface area contributed by atoms with Gasteiger partial charge in [0.25, 0.3) is 0 Å². The van der Waals surface area contributed by atoms with Gasteiger partial charge in [-0.3, -0.25) is 4.98 Å². The molecule has 0 N–H and O–H groups in total. The molecule has 1 atom stereocenters. The second-order valence-corrected chi connectivity index (χ2v) is 10.7. The zero-order valence-corrected chi connectivity index (χ0v) is 27.1. The van der Waals surface area contributed by atoms with E-state index in [0.29, 0.717) is 24.3 Å². The van der Waals surface area contributed by atoms with E-state index in [-0.39, 0.29) is 26.2 Å². The summed E-state index contributed by atoms with van der Waals surface area (Å²) in [7, 11) is 0. The number of nitrogens with zero attached hydrogens (tertiary/aromatic N) is 2. The maximum Gasteiger partial charge on any atom is 4.00 e. The molecule has 0 aliphatic heterocycles. The summed E-state index contributed by atoms with van der Waals surface area (Å²) in [5.41, 5.74) is 8.28. The van der Waals surface area contributed by atoms with E-state index in [1.54, 1.807) is 0 Å². The minimum Gasteiger partial charge on any atom is -0.679 e. The summed E-state index contributed by atoms with van der Waals surface area (Å²) in [6.45, 7) is 17.1. The summed E-state index contributed by atoms with van der Waals surface area (Å²) in [5, 5.41) is 5.01. The molecule has 0 spiro atoms. The fourth-order valence-electron chi connectivity index (χ4n) is 4.65. The van der Waals surface area contributed by atoms with Gasteiger partial charge in [-0.25, -0.2) is 0 Å². The van der Waals surface area contributed by atoms with E-state index in [1.807, 2.05) is 60.7 Å². The number of pyridine rings is 1. The molecular formula is C37H44N2Zr. The molecule has 1 heterocycles. The van der Waals surface area contributed by atoms with Gasteiger partial charge in [0.2, 0.25) is 0 Å². The molecule has 3 heteroatoms. The van der Waals surface area contributed by atoms with E-state index in [2.05, 4.69) is 84.4 Å². The summed E-state index contributed by atoms with van der Waals surface area (Å²) in [6.07, 6.45) is 6.16. The number of hydrogen-bond donors (Lipinski definition) is 0. The second kappa shape index (κ2) is 17.8. The van der Waals surface area contributed by atoms with Crippen molar-refractivity contribution in [3.8, 4) is 0 Å². The minimum atomic E-state index is 0. The molecule has 1 fully saturated rings. The fourth-order valence-corrected chi connectivity index (χ4v) is 4.65. The molecule has 0 amide bonds. The first-order chi connectivity index (χ1) is 18.8. The molecule has 0 radical (unpaired) electrons. The van der Waals surface area contributed by atoms with Gasteiger partial charge in [-0.05, 0) is 24.0 Å². The minimum absolute atomic E-state index is 0. The largest absolute Gasteiger partial charge is 4.00 e. The molecule has 40 heavy (non-hydrogen) atoms. The van der Waals surface area contributed by atoms with Crippen molar-refractivity contribution in [1.29, 1.82) is 0 Å². The van der Waals surface area contributed by atoms with Crippen LogP contribution >= 0.6 is 0 Å². The molecule has 1 aromatic heterocycles. The van der Waals surface area contributed by atoms with Crippen LogP contribution in [-0.4, -0.2) is 4.98 Å². The molecule has 1 saturated carbocycles. The molecule has 1 aliphatic rings. The Labute approximate surface area is 263 Å². The quantitative estimate of drug-likeness (QED) is 0.200. The number of rotatable bonds is 6. The van der Waals surface area contributed by atoms with Crippen molar-refractivity contribution >= 4 is 5.69 Å². The van der Waals surface area contributed by atoms with Gasteiger partial charge >= 0.3 is 26.2 Å². The molecule has 1 unspecified atom stereocenters. The Kier molecular flexibility index (Phi) is 14.9. The Balaban J connectivity index is 0.000000304. The van der Waals surface area contributed by atoms with Gasteiger partial charge < -0.3 is 11.7 Å². The number of aromatic nitrogens is 1. The zero-order valence-electron chi connectivity index (χ0n) is 24.7. The maximum absolute atomic E-state index is 5.01. The number of para-hydroxylation sites is 1. The van der Waals surface area contributed by atoms with Gasteiger partial charge in [-0.2, -0.15) is 55.7 Å². The molecule has 0 saturated heterocycles. The average Bonchev–Trinajstić information content (AvgIpc) is 3.49. The molecule has 2 nitrogen and oxygen atoms in total. The Morgan fingerprint density at radius 1 is 0.750 bits per heavy atom.